The minimum Gasteiger partial charge on any atom is -0.370 e. The lowest BCUT2D eigenvalue weighted by molar-refractivity contribution is -0.118. The Morgan fingerprint density at radius 1 is 1.23 bits per heavy atom. The third-order valence-electron chi connectivity index (χ3n) is 6.05. The van der Waals surface area contributed by atoms with Crippen molar-refractivity contribution < 1.29 is 18.3 Å². The van der Waals surface area contributed by atoms with E-state index in [1.54, 1.807) is 6.20 Å². The molecule has 31 heavy (non-hydrogen) atoms. The normalized spacial score (nSPS) is 21.0. The minimum atomic E-state index is -0.670. The quantitative estimate of drug-likeness (QED) is 0.715. The first-order valence-corrected chi connectivity index (χ1v) is 10.7. The summed E-state index contributed by atoms with van der Waals surface area (Å²) in [5, 5.41) is 2.83. The van der Waals surface area contributed by atoms with Crippen LogP contribution < -0.4 is 5.32 Å². The van der Waals surface area contributed by atoms with Crippen LogP contribution in [0.25, 0.3) is 6.08 Å². The molecule has 4 rings (SSSR count). The number of pyridine rings is 1. The van der Waals surface area contributed by atoms with E-state index in [2.05, 4.69) is 21.3 Å². The van der Waals surface area contributed by atoms with Gasteiger partial charge in [-0.15, -0.1) is 0 Å². The van der Waals surface area contributed by atoms with E-state index in [4.69, 9.17) is 4.74 Å². The lowest BCUT2D eigenvalue weighted by Gasteiger charge is -2.39. The SMILES string of the molecule is O=C(/C=C/c1cc(F)cc(F)c1)NCC1CCC2(CCN(Cc3cccnc3)CC2)O1. The Morgan fingerprint density at radius 3 is 2.71 bits per heavy atom. The van der Waals surface area contributed by atoms with Crippen LogP contribution in [-0.2, 0) is 16.1 Å². The zero-order valence-electron chi connectivity index (χ0n) is 17.4. The Labute approximate surface area is 181 Å². The maximum absolute atomic E-state index is 13.2. The molecule has 0 bridgehead atoms. The number of halogens is 2. The third-order valence-corrected chi connectivity index (χ3v) is 6.05. The topological polar surface area (TPSA) is 54.5 Å². The van der Waals surface area contributed by atoms with E-state index in [0.717, 1.165) is 51.4 Å². The van der Waals surface area contributed by atoms with Crippen LogP contribution in [0.2, 0.25) is 0 Å². The Bertz CT molecular complexity index is 907. The Hall–Kier alpha value is -2.64. The average molecular weight is 427 g/mol. The van der Waals surface area contributed by atoms with E-state index in [0.29, 0.717) is 12.1 Å². The highest BCUT2D eigenvalue weighted by Crippen LogP contribution is 2.38. The Kier molecular flexibility index (Phi) is 6.73. The van der Waals surface area contributed by atoms with Crippen LogP contribution in [0.15, 0.2) is 48.8 Å². The molecule has 5 nitrogen and oxygen atoms in total. The molecule has 2 saturated heterocycles. The molecule has 0 saturated carbocycles. The average Bonchev–Trinajstić information content (AvgIpc) is 3.15. The molecule has 0 aliphatic carbocycles. The number of hydrogen-bond donors (Lipinski definition) is 1. The van der Waals surface area contributed by atoms with Crippen molar-refractivity contribution in [1.29, 1.82) is 0 Å². The fourth-order valence-electron chi connectivity index (χ4n) is 4.39. The number of ether oxygens (including phenoxy) is 1. The van der Waals surface area contributed by atoms with Crippen molar-refractivity contribution in [3.63, 3.8) is 0 Å². The fourth-order valence-corrected chi connectivity index (χ4v) is 4.39. The van der Waals surface area contributed by atoms with Gasteiger partial charge < -0.3 is 10.1 Å². The highest BCUT2D eigenvalue weighted by atomic mass is 19.1. The first-order valence-electron chi connectivity index (χ1n) is 10.7. The number of likely N-dealkylation sites (tertiary alicyclic amines) is 1. The first kappa shape index (κ1) is 21.6. The predicted molar refractivity (Wildman–Crippen MR) is 114 cm³/mol. The second-order valence-electron chi connectivity index (χ2n) is 8.38. The molecule has 164 valence electrons. The lowest BCUT2D eigenvalue weighted by atomic mass is 9.88. The summed E-state index contributed by atoms with van der Waals surface area (Å²) in [7, 11) is 0. The molecule has 1 amide bonds. The molecule has 0 radical (unpaired) electrons. The molecule has 1 N–H and O–H groups in total. The molecule has 1 unspecified atom stereocenters. The molecular weight excluding hydrogens is 400 g/mol. The molecule has 1 spiro atoms. The number of nitrogens with one attached hydrogen (secondary N) is 1. The van der Waals surface area contributed by atoms with Gasteiger partial charge >= 0.3 is 0 Å². The highest BCUT2D eigenvalue weighted by molar-refractivity contribution is 5.91. The second-order valence-corrected chi connectivity index (χ2v) is 8.38. The number of carbonyl (C=O) groups is 1. The van der Waals surface area contributed by atoms with E-state index in [1.165, 1.54) is 29.8 Å². The molecule has 7 heteroatoms. The second kappa shape index (κ2) is 9.66. The van der Waals surface area contributed by atoms with Gasteiger partial charge in [0.05, 0.1) is 11.7 Å². The number of hydrogen-bond acceptors (Lipinski definition) is 4. The van der Waals surface area contributed by atoms with Crippen molar-refractivity contribution in [2.75, 3.05) is 19.6 Å². The summed E-state index contributed by atoms with van der Waals surface area (Å²) < 4.78 is 32.8. The largest absolute Gasteiger partial charge is 0.370 e. The first-order chi connectivity index (χ1) is 15.0. The molecule has 1 aromatic heterocycles. The summed E-state index contributed by atoms with van der Waals surface area (Å²) in [5.41, 5.74) is 1.44. The van der Waals surface area contributed by atoms with E-state index in [-0.39, 0.29) is 17.6 Å². The van der Waals surface area contributed by atoms with Gasteiger partial charge in [-0.2, -0.15) is 0 Å². The van der Waals surface area contributed by atoms with Crippen LogP contribution in [0.3, 0.4) is 0 Å². The Balaban J connectivity index is 1.20. The van der Waals surface area contributed by atoms with Gasteiger partial charge in [0.25, 0.3) is 0 Å². The van der Waals surface area contributed by atoms with Gasteiger partial charge in [0.1, 0.15) is 11.6 Å². The summed E-state index contributed by atoms with van der Waals surface area (Å²) in [6, 6.07) is 7.22. The number of rotatable bonds is 6. The third kappa shape index (κ3) is 5.95. The molecule has 1 atom stereocenters. The van der Waals surface area contributed by atoms with Crippen LogP contribution in [0, 0.1) is 11.6 Å². The van der Waals surface area contributed by atoms with Crippen molar-refractivity contribution in [2.45, 2.75) is 43.9 Å². The van der Waals surface area contributed by atoms with Gasteiger partial charge in [0, 0.05) is 50.7 Å². The molecular formula is C24H27F2N3O2. The summed E-state index contributed by atoms with van der Waals surface area (Å²) in [6.45, 7) is 3.31. The van der Waals surface area contributed by atoms with Crippen molar-refractivity contribution in [1.82, 2.24) is 15.2 Å². The summed E-state index contributed by atoms with van der Waals surface area (Å²) in [6.07, 6.45) is 10.3. The van der Waals surface area contributed by atoms with Crippen molar-refractivity contribution in [3.8, 4) is 0 Å². The molecule has 2 aliphatic rings. The number of piperidine rings is 1. The van der Waals surface area contributed by atoms with Gasteiger partial charge in [-0.05, 0) is 61.1 Å². The number of amides is 1. The molecule has 2 fully saturated rings. The van der Waals surface area contributed by atoms with E-state index < -0.39 is 11.6 Å². The van der Waals surface area contributed by atoms with E-state index in [9.17, 15) is 13.6 Å². The number of nitrogens with zero attached hydrogens (tertiary/aromatic N) is 2. The fraction of sp³-hybridized carbons (Fsp3) is 0.417. The van der Waals surface area contributed by atoms with Crippen molar-refractivity contribution >= 4 is 12.0 Å². The van der Waals surface area contributed by atoms with E-state index in [1.807, 2.05) is 12.3 Å². The van der Waals surface area contributed by atoms with Crippen LogP contribution >= 0.6 is 0 Å². The van der Waals surface area contributed by atoms with Gasteiger partial charge in [-0.3, -0.25) is 14.7 Å². The van der Waals surface area contributed by atoms with Crippen LogP contribution in [0.4, 0.5) is 8.78 Å². The summed E-state index contributed by atoms with van der Waals surface area (Å²) in [4.78, 5) is 18.7. The smallest absolute Gasteiger partial charge is 0.244 e. The van der Waals surface area contributed by atoms with Crippen LogP contribution in [0.5, 0.6) is 0 Å². The molecule has 3 heterocycles. The minimum absolute atomic E-state index is 0.00571. The van der Waals surface area contributed by atoms with Gasteiger partial charge in [0.15, 0.2) is 0 Å². The monoisotopic (exact) mass is 427 g/mol. The number of aromatic nitrogens is 1. The van der Waals surface area contributed by atoms with Gasteiger partial charge in [-0.25, -0.2) is 8.78 Å². The summed E-state index contributed by atoms with van der Waals surface area (Å²) >= 11 is 0. The highest BCUT2D eigenvalue weighted by Gasteiger charge is 2.42. The number of carbonyl (C=O) groups excluding carboxylic acids is 1. The summed E-state index contributed by atoms with van der Waals surface area (Å²) in [5.74, 6) is -1.65. The maximum Gasteiger partial charge on any atom is 0.244 e. The zero-order valence-corrected chi connectivity index (χ0v) is 17.4. The van der Waals surface area contributed by atoms with E-state index >= 15 is 0 Å². The van der Waals surface area contributed by atoms with Crippen LogP contribution in [-0.4, -0.2) is 47.1 Å². The predicted octanol–water partition coefficient (Wildman–Crippen LogP) is 3.70. The molecule has 2 aliphatic heterocycles. The van der Waals surface area contributed by atoms with Crippen molar-refractivity contribution in [3.05, 3.63) is 71.6 Å². The standard InChI is InChI=1S/C24H27F2N3O2/c25-20-12-18(13-21(26)14-20)3-4-23(30)28-16-22-5-6-24(31-22)7-10-29(11-8-24)17-19-2-1-9-27-15-19/h1-4,9,12-15,22H,5-8,10-11,16-17H2,(H,28,30)/b4-3+. The van der Waals surface area contributed by atoms with Crippen molar-refractivity contribution in [2.24, 2.45) is 0 Å². The van der Waals surface area contributed by atoms with Gasteiger partial charge in [-0.1, -0.05) is 6.07 Å². The zero-order chi connectivity index (χ0) is 21.7. The van der Waals surface area contributed by atoms with Crippen LogP contribution in [0.1, 0.15) is 36.8 Å². The lowest BCUT2D eigenvalue weighted by Crippen LogP contribution is -2.44. The van der Waals surface area contributed by atoms with Gasteiger partial charge in [0.2, 0.25) is 5.91 Å². The molecule has 2 aromatic rings. The Morgan fingerprint density at radius 2 is 2.00 bits per heavy atom. The maximum atomic E-state index is 13.2. The molecule has 1 aromatic carbocycles. The number of benzene rings is 1.